The quantitative estimate of drug-likeness (QED) is 0.674. The summed E-state index contributed by atoms with van der Waals surface area (Å²) in [5, 5.41) is 11.4. The van der Waals surface area contributed by atoms with Gasteiger partial charge in [-0.2, -0.15) is 0 Å². The molecule has 0 saturated heterocycles. The number of aliphatic carboxylic acids is 1. The third-order valence-electron chi connectivity index (χ3n) is 2.23. The maximum Gasteiger partial charge on any atom is 0.310 e. The molecule has 1 saturated carbocycles. The van der Waals surface area contributed by atoms with Crippen molar-refractivity contribution >= 4 is 11.9 Å². The molecular weight excluding hydrogens is 170 g/mol. The first kappa shape index (κ1) is 10.0. The Labute approximate surface area is 77.3 Å². The molecule has 1 aliphatic carbocycles. The number of hydrogen-bond acceptors (Lipinski definition) is 2. The standard InChI is InChI=1S/C9H15NO3/c1-9(2,8(12)13)5-10-7(11)6-3-4-6/h6H,3-5H2,1-2H3,(H,10,11)(H,12,13). The largest absolute Gasteiger partial charge is 0.481 e. The molecule has 2 N–H and O–H groups in total. The molecule has 0 heterocycles. The second-order valence-corrected chi connectivity index (χ2v) is 4.18. The molecule has 1 amide bonds. The normalized spacial score (nSPS) is 16.8. The Morgan fingerprint density at radius 2 is 2.00 bits per heavy atom. The second kappa shape index (κ2) is 3.36. The van der Waals surface area contributed by atoms with Crippen LogP contribution in [0.5, 0.6) is 0 Å². The number of rotatable bonds is 4. The zero-order valence-electron chi connectivity index (χ0n) is 7.96. The monoisotopic (exact) mass is 185 g/mol. The predicted molar refractivity (Wildman–Crippen MR) is 47.2 cm³/mol. The fourth-order valence-corrected chi connectivity index (χ4v) is 0.874. The Morgan fingerprint density at radius 3 is 2.38 bits per heavy atom. The highest BCUT2D eigenvalue weighted by Crippen LogP contribution is 2.29. The molecule has 0 radical (unpaired) electrons. The van der Waals surface area contributed by atoms with Gasteiger partial charge < -0.3 is 10.4 Å². The van der Waals surface area contributed by atoms with Gasteiger partial charge >= 0.3 is 5.97 Å². The van der Waals surface area contributed by atoms with Crippen LogP contribution in [0.25, 0.3) is 0 Å². The van der Waals surface area contributed by atoms with Crippen molar-refractivity contribution in [3.05, 3.63) is 0 Å². The molecule has 0 bridgehead atoms. The van der Waals surface area contributed by atoms with Crippen LogP contribution in [-0.2, 0) is 9.59 Å². The summed E-state index contributed by atoms with van der Waals surface area (Å²) in [6.07, 6.45) is 1.89. The van der Waals surface area contributed by atoms with E-state index in [1.54, 1.807) is 13.8 Å². The minimum Gasteiger partial charge on any atom is -0.481 e. The molecular formula is C9H15NO3. The summed E-state index contributed by atoms with van der Waals surface area (Å²) >= 11 is 0. The molecule has 0 unspecified atom stereocenters. The van der Waals surface area contributed by atoms with Crippen molar-refractivity contribution in [1.29, 1.82) is 0 Å². The van der Waals surface area contributed by atoms with Crippen LogP contribution in [0.3, 0.4) is 0 Å². The van der Waals surface area contributed by atoms with Crippen molar-refractivity contribution in [2.75, 3.05) is 6.54 Å². The summed E-state index contributed by atoms with van der Waals surface area (Å²) < 4.78 is 0. The van der Waals surface area contributed by atoms with Crippen molar-refractivity contribution in [2.24, 2.45) is 11.3 Å². The number of carbonyl (C=O) groups is 2. The first-order valence-electron chi connectivity index (χ1n) is 4.44. The van der Waals surface area contributed by atoms with Crippen LogP contribution in [0.1, 0.15) is 26.7 Å². The van der Waals surface area contributed by atoms with Gasteiger partial charge in [-0.05, 0) is 26.7 Å². The highest BCUT2D eigenvalue weighted by atomic mass is 16.4. The molecule has 1 rings (SSSR count). The Kier molecular flexibility index (Phi) is 2.59. The van der Waals surface area contributed by atoms with Gasteiger partial charge in [0.1, 0.15) is 0 Å². The van der Waals surface area contributed by atoms with E-state index in [0.29, 0.717) is 0 Å². The van der Waals surface area contributed by atoms with Gasteiger partial charge in [0, 0.05) is 12.5 Å². The van der Waals surface area contributed by atoms with Crippen molar-refractivity contribution in [3.63, 3.8) is 0 Å². The van der Waals surface area contributed by atoms with E-state index in [9.17, 15) is 9.59 Å². The Morgan fingerprint density at radius 1 is 1.46 bits per heavy atom. The molecule has 0 spiro atoms. The molecule has 0 aromatic carbocycles. The lowest BCUT2D eigenvalue weighted by Gasteiger charge is -2.19. The molecule has 0 aromatic rings. The van der Waals surface area contributed by atoms with Gasteiger partial charge in [0.05, 0.1) is 5.41 Å². The average Bonchev–Trinajstić information content (AvgIpc) is 2.82. The number of carboxylic acids is 1. The van der Waals surface area contributed by atoms with Crippen molar-refractivity contribution in [3.8, 4) is 0 Å². The Bertz CT molecular complexity index is 231. The van der Waals surface area contributed by atoms with Crippen LogP contribution in [0, 0.1) is 11.3 Å². The van der Waals surface area contributed by atoms with E-state index < -0.39 is 11.4 Å². The third-order valence-corrected chi connectivity index (χ3v) is 2.23. The molecule has 74 valence electrons. The number of hydrogen-bond donors (Lipinski definition) is 2. The van der Waals surface area contributed by atoms with Crippen molar-refractivity contribution < 1.29 is 14.7 Å². The third kappa shape index (κ3) is 2.72. The molecule has 0 atom stereocenters. The van der Waals surface area contributed by atoms with Crippen LogP contribution in [0.4, 0.5) is 0 Å². The van der Waals surface area contributed by atoms with Gasteiger partial charge in [0.2, 0.25) is 5.91 Å². The maximum absolute atomic E-state index is 11.2. The van der Waals surface area contributed by atoms with Crippen LogP contribution < -0.4 is 5.32 Å². The number of amides is 1. The molecule has 4 nitrogen and oxygen atoms in total. The summed E-state index contributed by atoms with van der Waals surface area (Å²) in [7, 11) is 0. The zero-order valence-corrected chi connectivity index (χ0v) is 7.96. The SMILES string of the molecule is CC(C)(CNC(=O)C1CC1)C(=O)O. The molecule has 4 heteroatoms. The molecule has 1 aliphatic rings. The lowest BCUT2D eigenvalue weighted by Crippen LogP contribution is -2.39. The zero-order chi connectivity index (χ0) is 10.1. The van der Waals surface area contributed by atoms with Gasteiger partial charge in [-0.1, -0.05) is 0 Å². The Balaban J connectivity index is 2.31. The van der Waals surface area contributed by atoms with Gasteiger partial charge in [0.15, 0.2) is 0 Å². The number of carbonyl (C=O) groups excluding carboxylic acids is 1. The lowest BCUT2D eigenvalue weighted by atomic mass is 9.94. The summed E-state index contributed by atoms with van der Waals surface area (Å²) in [6.45, 7) is 3.41. The van der Waals surface area contributed by atoms with E-state index in [1.807, 2.05) is 0 Å². The van der Waals surface area contributed by atoms with Crippen molar-refractivity contribution in [1.82, 2.24) is 5.32 Å². The first-order valence-corrected chi connectivity index (χ1v) is 4.44. The second-order valence-electron chi connectivity index (χ2n) is 4.18. The molecule has 1 fully saturated rings. The average molecular weight is 185 g/mol. The van der Waals surface area contributed by atoms with Gasteiger partial charge in [-0.3, -0.25) is 9.59 Å². The van der Waals surface area contributed by atoms with Gasteiger partial charge in [-0.15, -0.1) is 0 Å². The summed E-state index contributed by atoms with van der Waals surface area (Å²) in [4.78, 5) is 21.8. The smallest absolute Gasteiger partial charge is 0.310 e. The Hall–Kier alpha value is -1.06. The molecule has 0 aliphatic heterocycles. The van der Waals surface area contributed by atoms with Crippen LogP contribution in [-0.4, -0.2) is 23.5 Å². The number of nitrogens with one attached hydrogen (secondary N) is 1. The van der Waals surface area contributed by atoms with E-state index in [1.165, 1.54) is 0 Å². The lowest BCUT2D eigenvalue weighted by molar-refractivity contribution is -0.146. The van der Waals surface area contributed by atoms with Gasteiger partial charge in [-0.25, -0.2) is 0 Å². The van der Waals surface area contributed by atoms with E-state index in [0.717, 1.165) is 12.8 Å². The van der Waals surface area contributed by atoms with Gasteiger partial charge in [0.25, 0.3) is 0 Å². The predicted octanol–water partition coefficient (Wildman–Crippen LogP) is 0.623. The fourth-order valence-electron chi connectivity index (χ4n) is 0.874. The highest BCUT2D eigenvalue weighted by Gasteiger charge is 2.32. The molecule has 0 aromatic heterocycles. The van der Waals surface area contributed by atoms with Crippen LogP contribution in [0.2, 0.25) is 0 Å². The summed E-state index contributed by atoms with van der Waals surface area (Å²) in [5.74, 6) is -0.748. The topological polar surface area (TPSA) is 66.4 Å². The number of carboxylic acid groups (broad SMARTS) is 1. The van der Waals surface area contributed by atoms with Crippen LogP contribution in [0.15, 0.2) is 0 Å². The van der Waals surface area contributed by atoms with Crippen molar-refractivity contribution in [2.45, 2.75) is 26.7 Å². The maximum atomic E-state index is 11.2. The molecule has 13 heavy (non-hydrogen) atoms. The van der Waals surface area contributed by atoms with E-state index >= 15 is 0 Å². The van der Waals surface area contributed by atoms with Crippen LogP contribution >= 0.6 is 0 Å². The first-order chi connectivity index (χ1) is 5.93. The fraction of sp³-hybridized carbons (Fsp3) is 0.778. The minimum atomic E-state index is -0.886. The summed E-state index contributed by atoms with van der Waals surface area (Å²) in [6, 6.07) is 0. The van der Waals surface area contributed by atoms with E-state index in [2.05, 4.69) is 5.32 Å². The van der Waals surface area contributed by atoms with E-state index in [4.69, 9.17) is 5.11 Å². The summed E-state index contributed by atoms with van der Waals surface area (Å²) in [5.41, 5.74) is -0.870. The minimum absolute atomic E-state index is 0.00525. The van der Waals surface area contributed by atoms with E-state index in [-0.39, 0.29) is 18.4 Å². The highest BCUT2D eigenvalue weighted by molar-refractivity contribution is 5.82.